The SMILES string of the molecule is Cc1cccnc1CN1CCN(C(=O)c2cc(=O)[nH]c3cc(F)ccc23)CC1. The van der Waals surface area contributed by atoms with Gasteiger partial charge in [-0.05, 0) is 36.8 Å². The highest BCUT2D eigenvalue weighted by Crippen LogP contribution is 2.19. The summed E-state index contributed by atoms with van der Waals surface area (Å²) in [6.07, 6.45) is 1.79. The van der Waals surface area contributed by atoms with Crippen molar-refractivity contribution in [1.82, 2.24) is 19.8 Å². The van der Waals surface area contributed by atoms with Gasteiger partial charge in [0.2, 0.25) is 5.56 Å². The molecule has 28 heavy (non-hydrogen) atoms. The predicted molar refractivity (Wildman–Crippen MR) is 105 cm³/mol. The Morgan fingerprint density at radius 1 is 1.18 bits per heavy atom. The molecule has 4 rings (SSSR count). The Balaban J connectivity index is 1.50. The number of piperazine rings is 1. The number of benzene rings is 1. The molecule has 2 aromatic heterocycles. The van der Waals surface area contributed by atoms with Crippen LogP contribution in [0.5, 0.6) is 0 Å². The molecule has 0 radical (unpaired) electrons. The Hall–Kier alpha value is -3.06. The molecular formula is C21H21FN4O2. The zero-order chi connectivity index (χ0) is 19.7. The minimum absolute atomic E-state index is 0.198. The highest BCUT2D eigenvalue weighted by molar-refractivity contribution is 6.06. The number of carbonyl (C=O) groups is 1. The van der Waals surface area contributed by atoms with Gasteiger partial charge in [0.15, 0.2) is 0 Å². The van der Waals surface area contributed by atoms with E-state index in [1.165, 1.54) is 24.3 Å². The predicted octanol–water partition coefficient (Wildman–Crippen LogP) is 2.33. The molecule has 1 saturated heterocycles. The molecule has 1 fully saturated rings. The summed E-state index contributed by atoms with van der Waals surface area (Å²) in [6.45, 7) is 5.40. The van der Waals surface area contributed by atoms with Crippen molar-refractivity contribution in [3.8, 4) is 0 Å². The van der Waals surface area contributed by atoms with Crippen molar-refractivity contribution in [1.29, 1.82) is 0 Å². The monoisotopic (exact) mass is 380 g/mol. The van der Waals surface area contributed by atoms with Crippen molar-refractivity contribution in [3.63, 3.8) is 0 Å². The molecule has 3 aromatic rings. The molecule has 1 N–H and O–H groups in total. The van der Waals surface area contributed by atoms with Crippen LogP contribution in [0.15, 0.2) is 47.4 Å². The second-order valence-electron chi connectivity index (χ2n) is 7.07. The van der Waals surface area contributed by atoms with Gasteiger partial charge < -0.3 is 9.88 Å². The number of H-pyrrole nitrogens is 1. The Labute approximate surface area is 161 Å². The lowest BCUT2D eigenvalue weighted by atomic mass is 10.1. The molecule has 0 saturated carbocycles. The van der Waals surface area contributed by atoms with Gasteiger partial charge in [0.25, 0.3) is 5.91 Å². The first-order valence-corrected chi connectivity index (χ1v) is 9.26. The maximum absolute atomic E-state index is 13.5. The minimum Gasteiger partial charge on any atom is -0.336 e. The lowest BCUT2D eigenvalue weighted by Gasteiger charge is -2.34. The summed E-state index contributed by atoms with van der Waals surface area (Å²) >= 11 is 0. The first-order valence-electron chi connectivity index (χ1n) is 9.26. The zero-order valence-corrected chi connectivity index (χ0v) is 15.6. The first-order chi connectivity index (χ1) is 13.5. The summed E-state index contributed by atoms with van der Waals surface area (Å²) in [4.78, 5) is 36.0. The van der Waals surface area contributed by atoms with E-state index in [1.807, 2.05) is 19.1 Å². The third-order valence-corrected chi connectivity index (χ3v) is 5.19. The van der Waals surface area contributed by atoms with Crippen molar-refractivity contribution >= 4 is 16.8 Å². The van der Waals surface area contributed by atoms with E-state index in [2.05, 4.69) is 14.9 Å². The lowest BCUT2D eigenvalue weighted by molar-refractivity contribution is 0.0628. The zero-order valence-electron chi connectivity index (χ0n) is 15.6. The lowest BCUT2D eigenvalue weighted by Crippen LogP contribution is -2.48. The number of pyridine rings is 2. The summed E-state index contributed by atoms with van der Waals surface area (Å²) in [5.74, 6) is -0.650. The van der Waals surface area contributed by atoms with E-state index in [-0.39, 0.29) is 5.91 Å². The van der Waals surface area contributed by atoms with Gasteiger partial charge in [0.1, 0.15) is 5.82 Å². The molecule has 1 aromatic carbocycles. The normalized spacial score (nSPS) is 15.1. The summed E-state index contributed by atoms with van der Waals surface area (Å²) in [5.41, 5.74) is 2.44. The average molecular weight is 380 g/mol. The number of nitrogens with one attached hydrogen (secondary N) is 1. The van der Waals surface area contributed by atoms with Crippen LogP contribution >= 0.6 is 0 Å². The van der Waals surface area contributed by atoms with Gasteiger partial charge in [-0.3, -0.25) is 19.5 Å². The summed E-state index contributed by atoms with van der Waals surface area (Å²) < 4.78 is 13.5. The van der Waals surface area contributed by atoms with Crippen LogP contribution in [0.25, 0.3) is 10.9 Å². The van der Waals surface area contributed by atoms with Gasteiger partial charge in [-0.1, -0.05) is 6.07 Å². The number of aromatic nitrogens is 2. The van der Waals surface area contributed by atoms with E-state index in [9.17, 15) is 14.0 Å². The van der Waals surface area contributed by atoms with Gasteiger partial charge in [-0.2, -0.15) is 0 Å². The molecule has 1 amide bonds. The fourth-order valence-corrected chi connectivity index (χ4v) is 3.58. The molecule has 0 unspecified atom stereocenters. The van der Waals surface area contributed by atoms with E-state index in [1.54, 1.807) is 11.1 Å². The highest BCUT2D eigenvalue weighted by Gasteiger charge is 2.24. The molecular weight excluding hydrogens is 359 g/mol. The maximum atomic E-state index is 13.5. The molecule has 3 heterocycles. The largest absolute Gasteiger partial charge is 0.336 e. The topological polar surface area (TPSA) is 69.3 Å². The van der Waals surface area contributed by atoms with Crippen molar-refractivity contribution in [3.05, 3.63) is 75.6 Å². The van der Waals surface area contributed by atoms with Crippen LogP contribution in [-0.2, 0) is 6.54 Å². The van der Waals surface area contributed by atoms with Crippen LogP contribution in [0.4, 0.5) is 4.39 Å². The molecule has 0 atom stereocenters. The molecule has 1 aliphatic rings. The number of rotatable bonds is 3. The first kappa shape index (κ1) is 18.3. The number of hydrogen-bond acceptors (Lipinski definition) is 4. The van der Waals surface area contributed by atoms with Crippen LogP contribution in [0.1, 0.15) is 21.6 Å². The number of halogens is 1. The average Bonchev–Trinajstić information content (AvgIpc) is 2.69. The Kier molecular flexibility index (Phi) is 4.92. The Morgan fingerprint density at radius 2 is 1.96 bits per heavy atom. The van der Waals surface area contributed by atoms with Crippen LogP contribution in [0.2, 0.25) is 0 Å². The number of amides is 1. The fraction of sp³-hybridized carbons (Fsp3) is 0.286. The molecule has 0 spiro atoms. The van der Waals surface area contributed by atoms with Crippen LogP contribution in [-0.4, -0.2) is 51.9 Å². The second kappa shape index (κ2) is 7.52. The summed E-state index contributed by atoms with van der Waals surface area (Å²) in [6, 6.07) is 9.33. The fourth-order valence-electron chi connectivity index (χ4n) is 3.58. The quantitative estimate of drug-likeness (QED) is 0.757. The van der Waals surface area contributed by atoms with Gasteiger partial charge in [0, 0.05) is 50.4 Å². The van der Waals surface area contributed by atoms with E-state index >= 15 is 0 Å². The van der Waals surface area contributed by atoms with Crippen molar-refractivity contribution in [2.75, 3.05) is 26.2 Å². The third kappa shape index (κ3) is 3.66. The van der Waals surface area contributed by atoms with Crippen molar-refractivity contribution in [2.45, 2.75) is 13.5 Å². The second-order valence-corrected chi connectivity index (χ2v) is 7.07. The molecule has 0 bridgehead atoms. The Bertz CT molecular complexity index is 1090. The van der Waals surface area contributed by atoms with Crippen molar-refractivity contribution < 1.29 is 9.18 Å². The Morgan fingerprint density at radius 3 is 2.71 bits per heavy atom. The standard InChI is InChI=1S/C21H21FN4O2/c1-14-3-2-6-23-19(14)13-25-7-9-26(10-8-25)21(28)17-12-20(27)24-18-11-15(22)4-5-16(17)18/h2-6,11-12H,7-10,13H2,1H3,(H,24,27). The van der Waals surface area contributed by atoms with E-state index in [0.29, 0.717) is 29.6 Å². The van der Waals surface area contributed by atoms with Gasteiger partial charge in [-0.25, -0.2) is 4.39 Å². The maximum Gasteiger partial charge on any atom is 0.254 e. The smallest absolute Gasteiger partial charge is 0.254 e. The molecule has 1 aliphatic heterocycles. The van der Waals surface area contributed by atoms with Crippen LogP contribution in [0.3, 0.4) is 0 Å². The van der Waals surface area contributed by atoms with Gasteiger partial charge in [0.05, 0.1) is 16.8 Å². The van der Waals surface area contributed by atoms with Crippen LogP contribution < -0.4 is 5.56 Å². The van der Waals surface area contributed by atoms with Gasteiger partial charge >= 0.3 is 0 Å². The van der Waals surface area contributed by atoms with Crippen LogP contribution in [0, 0.1) is 12.7 Å². The van der Waals surface area contributed by atoms with E-state index < -0.39 is 11.4 Å². The minimum atomic E-state index is -0.453. The third-order valence-electron chi connectivity index (χ3n) is 5.19. The van der Waals surface area contributed by atoms with Crippen molar-refractivity contribution in [2.24, 2.45) is 0 Å². The van der Waals surface area contributed by atoms with E-state index in [0.717, 1.165) is 30.9 Å². The number of carbonyl (C=O) groups excluding carboxylic acids is 1. The number of fused-ring (bicyclic) bond motifs is 1. The summed E-state index contributed by atoms with van der Waals surface area (Å²) in [7, 11) is 0. The van der Waals surface area contributed by atoms with Gasteiger partial charge in [-0.15, -0.1) is 0 Å². The number of hydrogen-bond donors (Lipinski definition) is 1. The molecule has 7 heteroatoms. The molecule has 144 valence electrons. The summed E-state index contributed by atoms with van der Waals surface area (Å²) in [5, 5.41) is 0.553. The number of nitrogens with zero attached hydrogens (tertiary/aromatic N) is 3. The van der Waals surface area contributed by atoms with E-state index in [4.69, 9.17) is 0 Å². The number of aromatic amines is 1. The molecule has 0 aliphatic carbocycles. The number of aryl methyl sites for hydroxylation is 1. The molecule has 6 nitrogen and oxygen atoms in total. The highest BCUT2D eigenvalue weighted by atomic mass is 19.1.